The minimum atomic E-state index is -0.610. The van der Waals surface area contributed by atoms with Crippen molar-refractivity contribution in [3.05, 3.63) is 107 Å². The van der Waals surface area contributed by atoms with Crippen molar-refractivity contribution in [2.45, 2.75) is 38.4 Å². The Labute approximate surface area is 214 Å². The van der Waals surface area contributed by atoms with Gasteiger partial charge >= 0.3 is 0 Å². The molecule has 3 N–H and O–H groups in total. The fourth-order valence-electron chi connectivity index (χ4n) is 4.27. The van der Waals surface area contributed by atoms with Gasteiger partial charge < -0.3 is 29.6 Å². The van der Waals surface area contributed by atoms with E-state index in [0.29, 0.717) is 18.9 Å². The minimum Gasteiger partial charge on any atom is -0.497 e. The number of benzene rings is 3. The fraction of sp³-hybridized carbons (Fsp3) is 0.241. The van der Waals surface area contributed by atoms with E-state index in [0.717, 1.165) is 33.5 Å². The zero-order chi connectivity index (χ0) is 25.6. The molecule has 1 aromatic heterocycles. The number of aromatic nitrogens is 2. The summed E-state index contributed by atoms with van der Waals surface area (Å²) in [5, 5.41) is 12.2. The second-order valence-electron chi connectivity index (χ2n) is 8.86. The monoisotopic (exact) mass is 499 g/mol. The molecule has 0 saturated heterocycles. The highest BCUT2D eigenvalue weighted by molar-refractivity contribution is 5.91. The molecule has 0 aliphatic carbocycles. The molecule has 37 heavy (non-hydrogen) atoms. The molecule has 2 heterocycles. The zero-order valence-electron chi connectivity index (χ0n) is 20.5. The number of carbonyl (C=O) groups is 1. The van der Waals surface area contributed by atoms with Gasteiger partial charge in [-0.15, -0.1) is 0 Å². The summed E-state index contributed by atoms with van der Waals surface area (Å²) >= 11 is 0. The largest absolute Gasteiger partial charge is 0.497 e. The predicted octanol–water partition coefficient (Wildman–Crippen LogP) is 4.31. The highest BCUT2D eigenvalue weighted by atomic mass is 16.7. The normalized spacial score (nSPS) is 17.2. The summed E-state index contributed by atoms with van der Waals surface area (Å²) in [6.45, 7) is 0.553. The van der Waals surface area contributed by atoms with E-state index in [9.17, 15) is 9.90 Å². The van der Waals surface area contributed by atoms with Crippen LogP contribution in [-0.4, -0.2) is 34.4 Å². The Hall–Kier alpha value is -4.14. The molecule has 3 aromatic carbocycles. The molecule has 1 aliphatic heterocycles. The number of aliphatic hydroxyl groups is 1. The first-order valence-electron chi connectivity index (χ1n) is 12.2. The Morgan fingerprint density at radius 1 is 1.08 bits per heavy atom. The van der Waals surface area contributed by atoms with Gasteiger partial charge in [0.05, 0.1) is 37.9 Å². The summed E-state index contributed by atoms with van der Waals surface area (Å²) in [5.41, 5.74) is 4.59. The Kier molecular flexibility index (Phi) is 7.49. The molecule has 0 radical (unpaired) electrons. The van der Waals surface area contributed by atoms with E-state index in [-0.39, 0.29) is 30.7 Å². The number of H-pyrrole nitrogens is 1. The van der Waals surface area contributed by atoms with Crippen molar-refractivity contribution in [3.63, 3.8) is 0 Å². The molecule has 1 amide bonds. The van der Waals surface area contributed by atoms with E-state index in [2.05, 4.69) is 15.3 Å². The number of fused-ring (bicyclic) bond motifs is 1. The van der Waals surface area contributed by atoms with Crippen molar-refractivity contribution in [1.29, 1.82) is 0 Å². The van der Waals surface area contributed by atoms with Crippen LogP contribution in [0.5, 0.6) is 5.75 Å². The molecule has 0 spiro atoms. The molecule has 5 rings (SSSR count). The van der Waals surface area contributed by atoms with Crippen molar-refractivity contribution < 1.29 is 24.1 Å². The molecule has 8 heteroatoms. The van der Waals surface area contributed by atoms with Crippen LogP contribution in [0.4, 0.5) is 0 Å². The number of amides is 1. The van der Waals surface area contributed by atoms with Crippen LogP contribution >= 0.6 is 0 Å². The predicted molar refractivity (Wildman–Crippen MR) is 138 cm³/mol. The van der Waals surface area contributed by atoms with Gasteiger partial charge in [-0.25, -0.2) is 4.98 Å². The molecule has 2 atom stereocenters. The van der Waals surface area contributed by atoms with E-state index in [1.165, 1.54) is 0 Å². The van der Waals surface area contributed by atoms with Crippen LogP contribution in [0.15, 0.2) is 84.6 Å². The lowest BCUT2D eigenvalue weighted by atomic mass is 9.93. The minimum absolute atomic E-state index is 0.00624. The maximum Gasteiger partial charge on any atom is 0.286 e. The Morgan fingerprint density at radius 2 is 1.84 bits per heavy atom. The van der Waals surface area contributed by atoms with Crippen LogP contribution < -0.4 is 10.1 Å². The number of aliphatic hydroxyl groups excluding tert-OH is 1. The number of rotatable bonds is 9. The maximum atomic E-state index is 13.1. The summed E-state index contributed by atoms with van der Waals surface area (Å²) in [5.74, 6) is 1.23. The van der Waals surface area contributed by atoms with Gasteiger partial charge in [-0.2, -0.15) is 0 Å². The van der Waals surface area contributed by atoms with Gasteiger partial charge in [-0.3, -0.25) is 4.79 Å². The van der Waals surface area contributed by atoms with E-state index in [1.54, 1.807) is 7.11 Å². The van der Waals surface area contributed by atoms with Gasteiger partial charge in [0.25, 0.3) is 5.91 Å². The van der Waals surface area contributed by atoms with Crippen LogP contribution in [0.3, 0.4) is 0 Å². The van der Waals surface area contributed by atoms with Gasteiger partial charge in [0, 0.05) is 12.3 Å². The SMILES string of the molecule is COc1ccc([C@H]2C=C(C(=O)NCc3nc4ccccc4[nH]3)O[C@@H](OCc3ccc(CO)cc3)C2)cc1. The van der Waals surface area contributed by atoms with Crippen LogP contribution in [-0.2, 0) is 34.0 Å². The lowest BCUT2D eigenvalue weighted by molar-refractivity contribution is -0.150. The van der Waals surface area contributed by atoms with Crippen LogP contribution in [0.2, 0.25) is 0 Å². The number of hydrogen-bond donors (Lipinski definition) is 3. The third-order valence-electron chi connectivity index (χ3n) is 6.32. The highest BCUT2D eigenvalue weighted by Gasteiger charge is 2.29. The smallest absolute Gasteiger partial charge is 0.286 e. The van der Waals surface area contributed by atoms with E-state index < -0.39 is 6.29 Å². The van der Waals surface area contributed by atoms with E-state index in [4.69, 9.17) is 14.2 Å². The van der Waals surface area contributed by atoms with Gasteiger partial charge in [-0.1, -0.05) is 48.5 Å². The number of methoxy groups -OCH3 is 1. The van der Waals surface area contributed by atoms with Gasteiger partial charge in [0.1, 0.15) is 11.6 Å². The number of nitrogens with zero attached hydrogens (tertiary/aromatic N) is 1. The average Bonchev–Trinajstić information content (AvgIpc) is 3.38. The second-order valence-corrected chi connectivity index (χ2v) is 8.86. The molecule has 1 aliphatic rings. The lowest BCUT2D eigenvalue weighted by Gasteiger charge is -2.29. The van der Waals surface area contributed by atoms with Crippen molar-refractivity contribution in [2.24, 2.45) is 0 Å². The first-order chi connectivity index (χ1) is 18.1. The van der Waals surface area contributed by atoms with Gasteiger partial charge in [-0.05, 0) is 47.0 Å². The lowest BCUT2D eigenvalue weighted by Crippen LogP contribution is -2.32. The standard InChI is InChI=1S/C29H29N3O5/c1-35-23-12-10-21(11-13-23)22-14-26(29(34)30-16-27-31-24-4-2-3-5-25(24)32-27)37-28(15-22)36-18-20-8-6-19(17-33)7-9-20/h2-14,22,28,33H,15-18H2,1H3,(H,30,34)(H,31,32)/t22-,28+/m0/s1. The molecule has 8 nitrogen and oxygen atoms in total. The van der Waals surface area contributed by atoms with E-state index in [1.807, 2.05) is 78.9 Å². The Bertz CT molecular complexity index is 1350. The maximum absolute atomic E-state index is 13.1. The second kappa shape index (κ2) is 11.3. The number of allylic oxidation sites excluding steroid dienone is 1. The fourth-order valence-corrected chi connectivity index (χ4v) is 4.27. The highest BCUT2D eigenvalue weighted by Crippen LogP contribution is 2.32. The third kappa shape index (κ3) is 5.99. The Morgan fingerprint density at radius 3 is 2.57 bits per heavy atom. The molecular weight excluding hydrogens is 470 g/mol. The molecule has 0 saturated carbocycles. The summed E-state index contributed by atoms with van der Waals surface area (Å²) in [4.78, 5) is 20.8. The van der Waals surface area contributed by atoms with Gasteiger partial charge in [0.2, 0.25) is 6.29 Å². The number of para-hydroxylation sites is 2. The first kappa shape index (κ1) is 24.5. The number of imidazole rings is 1. The number of nitrogens with one attached hydrogen (secondary N) is 2. The third-order valence-corrected chi connectivity index (χ3v) is 6.32. The first-order valence-corrected chi connectivity index (χ1v) is 12.2. The summed E-state index contributed by atoms with van der Waals surface area (Å²) in [7, 11) is 1.63. The zero-order valence-corrected chi connectivity index (χ0v) is 20.5. The summed E-state index contributed by atoms with van der Waals surface area (Å²) in [6, 6.07) is 23.0. The van der Waals surface area contributed by atoms with Crippen LogP contribution in [0, 0.1) is 0 Å². The molecule has 0 fully saturated rings. The van der Waals surface area contributed by atoms with Crippen molar-refractivity contribution in [1.82, 2.24) is 15.3 Å². The Balaban J connectivity index is 1.30. The van der Waals surface area contributed by atoms with Crippen LogP contribution in [0.25, 0.3) is 11.0 Å². The number of aromatic amines is 1. The number of hydrogen-bond acceptors (Lipinski definition) is 6. The molecular formula is C29H29N3O5. The quantitative estimate of drug-likeness (QED) is 0.317. The molecule has 4 aromatic rings. The summed E-state index contributed by atoms with van der Waals surface area (Å²) in [6.07, 6.45) is 1.79. The van der Waals surface area contributed by atoms with Crippen molar-refractivity contribution in [3.8, 4) is 5.75 Å². The molecule has 190 valence electrons. The van der Waals surface area contributed by atoms with Gasteiger partial charge in [0.15, 0.2) is 5.76 Å². The topological polar surface area (TPSA) is 106 Å². The van der Waals surface area contributed by atoms with Crippen molar-refractivity contribution in [2.75, 3.05) is 7.11 Å². The number of ether oxygens (including phenoxy) is 3. The van der Waals surface area contributed by atoms with Crippen LogP contribution in [0.1, 0.15) is 34.9 Å². The van der Waals surface area contributed by atoms with E-state index >= 15 is 0 Å². The van der Waals surface area contributed by atoms with Crippen molar-refractivity contribution >= 4 is 16.9 Å². The number of carbonyl (C=O) groups excluding carboxylic acids is 1. The molecule has 0 bridgehead atoms. The average molecular weight is 500 g/mol. The molecule has 0 unspecified atom stereocenters. The summed E-state index contributed by atoms with van der Waals surface area (Å²) < 4.78 is 17.3.